The summed E-state index contributed by atoms with van der Waals surface area (Å²) in [5.74, 6) is 1.09. The highest BCUT2D eigenvalue weighted by Crippen LogP contribution is 2.34. The van der Waals surface area contributed by atoms with Gasteiger partial charge in [-0.3, -0.25) is 0 Å². The summed E-state index contributed by atoms with van der Waals surface area (Å²) in [6, 6.07) is 0.453. The molecule has 0 saturated carbocycles. The van der Waals surface area contributed by atoms with Crippen LogP contribution in [0.3, 0.4) is 0 Å². The van der Waals surface area contributed by atoms with E-state index in [9.17, 15) is 8.78 Å². The maximum absolute atomic E-state index is 14.0. The summed E-state index contributed by atoms with van der Waals surface area (Å²) in [6.45, 7) is 8.69. The number of halogens is 3. The van der Waals surface area contributed by atoms with Crippen molar-refractivity contribution in [3.63, 3.8) is 0 Å². The monoisotopic (exact) mass is 426 g/mol. The maximum atomic E-state index is 14.0. The molecule has 164 valence electrons. The van der Waals surface area contributed by atoms with Gasteiger partial charge in [0, 0.05) is 25.4 Å². The molecular formula is C24H37ClF2N2. The summed E-state index contributed by atoms with van der Waals surface area (Å²) in [7, 11) is 0. The molecule has 2 aliphatic carbocycles. The van der Waals surface area contributed by atoms with Crippen molar-refractivity contribution in [3.05, 3.63) is 35.5 Å². The topological polar surface area (TPSA) is 15.3 Å². The fourth-order valence-corrected chi connectivity index (χ4v) is 4.86. The van der Waals surface area contributed by atoms with Crippen molar-refractivity contribution in [1.82, 2.24) is 10.2 Å². The van der Waals surface area contributed by atoms with Crippen LogP contribution in [0.4, 0.5) is 8.78 Å². The fraction of sp³-hybridized carbons (Fsp3) is 0.750. The van der Waals surface area contributed by atoms with Gasteiger partial charge in [0.15, 0.2) is 0 Å². The summed E-state index contributed by atoms with van der Waals surface area (Å²) in [6.07, 6.45) is 11.0. The molecule has 1 heterocycles. The average Bonchev–Trinajstić information content (AvgIpc) is 2.71. The number of nitrogens with one attached hydrogen (secondary N) is 1. The Bertz CT molecular complexity index is 608. The molecule has 3 unspecified atom stereocenters. The van der Waals surface area contributed by atoms with E-state index < -0.39 is 12.3 Å². The summed E-state index contributed by atoms with van der Waals surface area (Å²) in [4.78, 5) is 2.56. The first kappa shape index (κ1) is 23.0. The molecule has 0 radical (unpaired) electrons. The number of hydrogen-bond acceptors (Lipinski definition) is 2. The lowest BCUT2D eigenvalue weighted by Gasteiger charge is -2.37. The van der Waals surface area contributed by atoms with Crippen LogP contribution in [-0.4, -0.2) is 54.8 Å². The molecule has 0 bridgehead atoms. The predicted octanol–water partition coefficient (Wildman–Crippen LogP) is 5.59. The van der Waals surface area contributed by atoms with E-state index in [1.807, 2.05) is 12.2 Å². The predicted molar refractivity (Wildman–Crippen MR) is 119 cm³/mol. The van der Waals surface area contributed by atoms with Crippen molar-refractivity contribution in [1.29, 1.82) is 0 Å². The van der Waals surface area contributed by atoms with Gasteiger partial charge in [0.1, 0.15) is 12.3 Å². The first-order valence-corrected chi connectivity index (χ1v) is 11.8. The molecule has 4 atom stereocenters. The van der Waals surface area contributed by atoms with E-state index in [1.54, 1.807) is 6.08 Å². The summed E-state index contributed by atoms with van der Waals surface area (Å²) in [5, 5.41) is 3.39. The molecule has 1 saturated heterocycles. The zero-order valence-electron chi connectivity index (χ0n) is 17.9. The van der Waals surface area contributed by atoms with Gasteiger partial charge in [0.2, 0.25) is 0 Å². The van der Waals surface area contributed by atoms with E-state index in [4.69, 9.17) is 11.6 Å². The summed E-state index contributed by atoms with van der Waals surface area (Å²) >= 11 is 6.02. The minimum absolute atomic E-state index is 0.338. The molecule has 2 nitrogen and oxygen atoms in total. The van der Waals surface area contributed by atoms with Crippen LogP contribution in [0.2, 0.25) is 0 Å². The summed E-state index contributed by atoms with van der Waals surface area (Å²) < 4.78 is 27.1. The minimum atomic E-state index is -0.880. The van der Waals surface area contributed by atoms with Crippen molar-refractivity contribution in [3.8, 4) is 0 Å². The highest BCUT2D eigenvalue weighted by Gasteiger charge is 2.30. The Kier molecular flexibility index (Phi) is 8.76. The molecular weight excluding hydrogens is 390 g/mol. The van der Waals surface area contributed by atoms with Gasteiger partial charge in [-0.2, -0.15) is 0 Å². The van der Waals surface area contributed by atoms with Crippen LogP contribution < -0.4 is 5.32 Å². The second kappa shape index (κ2) is 11.1. The van der Waals surface area contributed by atoms with Gasteiger partial charge in [-0.05, 0) is 57.2 Å². The highest BCUT2D eigenvalue weighted by molar-refractivity contribution is 6.21. The highest BCUT2D eigenvalue weighted by atomic mass is 35.5. The number of likely N-dealkylation sites (tertiary alicyclic amines) is 1. The fourth-order valence-electron chi connectivity index (χ4n) is 4.68. The lowest BCUT2D eigenvalue weighted by Crippen LogP contribution is -2.47. The Morgan fingerprint density at radius 3 is 2.55 bits per heavy atom. The first-order chi connectivity index (χ1) is 13.9. The molecule has 0 aromatic heterocycles. The average molecular weight is 427 g/mol. The van der Waals surface area contributed by atoms with Crippen molar-refractivity contribution in [2.75, 3.05) is 26.2 Å². The van der Waals surface area contributed by atoms with Crippen LogP contribution >= 0.6 is 11.6 Å². The third-order valence-corrected chi connectivity index (χ3v) is 7.20. The van der Waals surface area contributed by atoms with Crippen LogP contribution in [0.5, 0.6) is 0 Å². The molecule has 0 amide bonds. The van der Waals surface area contributed by atoms with Crippen LogP contribution in [-0.2, 0) is 0 Å². The number of alkyl halides is 3. The number of rotatable bonds is 8. The van der Waals surface area contributed by atoms with Gasteiger partial charge in [-0.15, -0.1) is 11.6 Å². The maximum Gasteiger partial charge on any atom is 0.122 e. The molecule has 3 aliphatic rings. The molecule has 0 aromatic rings. The van der Waals surface area contributed by atoms with E-state index in [1.165, 1.54) is 11.1 Å². The zero-order valence-corrected chi connectivity index (χ0v) is 18.7. The standard InChI is InChI=1S/C24H37ClF2N2/c1-17(2)24(28-12-9-18-3-6-21(26)7-4-18)16-29-13-10-19(11-14-29)20-5-8-22(25)23(27)15-20/h3-6,17,19,21-24,28H,7-16H2,1-2H3/t21?,22?,23?,24-/m0/s1. The largest absolute Gasteiger partial charge is 0.312 e. The lowest BCUT2D eigenvalue weighted by atomic mass is 9.82. The smallest absolute Gasteiger partial charge is 0.122 e. The van der Waals surface area contributed by atoms with Crippen LogP contribution in [0, 0.1) is 11.8 Å². The summed E-state index contributed by atoms with van der Waals surface area (Å²) in [5.41, 5.74) is 2.54. The van der Waals surface area contributed by atoms with Crippen molar-refractivity contribution >= 4 is 11.6 Å². The molecule has 0 spiro atoms. The van der Waals surface area contributed by atoms with E-state index >= 15 is 0 Å². The quantitative estimate of drug-likeness (QED) is 0.402. The lowest BCUT2D eigenvalue weighted by molar-refractivity contribution is 0.162. The Balaban J connectivity index is 1.40. The molecule has 29 heavy (non-hydrogen) atoms. The second-order valence-electron chi connectivity index (χ2n) is 9.27. The third kappa shape index (κ3) is 6.90. The SMILES string of the molecule is CC(C)[C@H](CN1CCC(C2=CCC(Cl)C(F)C2)CC1)NCCC1=CCC(F)C=C1. The van der Waals surface area contributed by atoms with Crippen LogP contribution in [0.1, 0.15) is 52.4 Å². The Morgan fingerprint density at radius 1 is 1.17 bits per heavy atom. The number of hydrogen-bond donors (Lipinski definition) is 1. The number of allylic oxidation sites excluding steroid dienone is 5. The first-order valence-electron chi connectivity index (χ1n) is 11.4. The van der Waals surface area contributed by atoms with Crippen molar-refractivity contribution in [2.24, 2.45) is 11.8 Å². The molecule has 1 fully saturated rings. The Morgan fingerprint density at radius 2 is 1.93 bits per heavy atom. The van der Waals surface area contributed by atoms with Gasteiger partial charge < -0.3 is 10.2 Å². The molecule has 1 N–H and O–H groups in total. The van der Waals surface area contributed by atoms with E-state index in [2.05, 4.69) is 30.1 Å². The normalized spacial score (nSPS) is 30.3. The molecule has 0 aromatic carbocycles. The minimum Gasteiger partial charge on any atom is -0.312 e. The molecule has 1 aliphatic heterocycles. The third-order valence-electron chi connectivity index (χ3n) is 6.74. The van der Waals surface area contributed by atoms with E-state index in [0.717, 1.165) is 45.4 Å². The van der Waals surface area contributed by atoms with Gasteiger partial charge in [-0.25, -0.2) is 8.78 Å². The Hall–Kier alpha value is -0.710. The van der Waals surface area contributed by atoms with Gasteiger partial charge in [-0.1, -0.05) is 49.3 Å². The van der Waals surface area contributed by atoms with E-state index in [-0.39, 0.29) is 5.38 Å². The van der Waals surface area contributed by atoms with Crippen LogP contribution in [0.15, 0.2) is 35.5 Å². The number of nitrogens with zero attached hydrogens (tertiary/aromatic N) is 1. The molecule has 5 heteroatoms. The molecule has 3 rings (SSSR count). The van der Waals surface area contributed by atoms with Crippen LogP contribution in [0.25, 0.3) is 0 Å². The second-order valence-corrected chi connectivity index (χ2v) is 9.83. The van der Waals surface area contributed by atoms with Gasteiger partial charge in [0.05, 0.1) is 5.38 Å². The van der Waals surface area contributed by atoms with Gasteiger partial charge in [0.25, 0.3) is 0 Å². The van der Waals surface area contributed by atoms with Gasteiger partial charge >= 0.3 is 0 Å². The number of piperidine rings is 1. The van der Waals surface area contributed by atoms with E-state index in [0.29, 0.717) is 37.1 Å². The Labute approximate surface area is 180 Å². The zero-order chi connectivity index (χ0) is 20.8. The van der Waals surface area contributed by atoms with Crippen molar-refractivity contribution in [2.45, 2.75) is 76.1 Å². The van der Waals surface area contributed by atoms with Crippen molar-refractivity contribution < 1.29 is 8.78 Å².